The Morgan fingerprint density at radius 2 is 1.88 bits per heavy atom. The number of benzene rings is 2. The van der Waals surface area contributed by atoms with E-state index in [4.69, 9.17) is 9.47 Å². The SMILES string of the molecule is CN1C(=O)C[C@@H](C(=O)Nc2ccc3c(c2)OCO3)[C@@H]1c1ccccc1. The monoisotopic (exact) mass is 338 g/mol. The van der Waals surface area contributed by atoms with Crippen molar-refractivity contribution in [2.45, 2.75) is 12.5 Å². The minimum Gasteiger partial charge on any atom is -0.454 e. The van der Waals surface area contributed by atoms with Gasteiger partial charge in [0, 0.05) is 25.2 Å². The molecule has 1 fully saturated rings. The summed E-state index contributed by atoms with van der Waals surface area (Å²) in [6.45, 7) is 0.185. The van der Waals surface area contributed by atoms with E-state index >= 15 is 0 Å². The van der Waals surface area contributed by atoms with Gasteiger partial charge in [-0.25, -0.2) is 0 Å². The molecule has 0 saturated carbocycles. The zero-order valence-corrected chi connectivity index (χ0v) is 13.8. The van der Waals surface area contributed by atoms with E-state index in [0.717, 1.165) is 5.56 Å². The number of likely N-dealkylation sites (tertiary alicyclic amines) is 1. The number of carbonyl (C=O) groups is 2. The van der Waals surface area contributed by atoms with Crippen LogP contribution in [0.5, 0.6) is 11.5 Å². The molecule has 6 nitrogen and oxygen atoms in total. The van der Waals surface area contributed by atoms with Crippen molar-refractivity contribution >= 4 is 17.5 Å². The molecule has 0 spiro atoms. The molecule has 4 rings (SSSR count). The van der Waals surface area contributed by atoms with Gasteiger partial charge < -0.3 is 19.7 Å². The first-order valence-corrected chi connectivity index (χ1v) is 8.14. The van der Waals surface area contributed by atoms with Crippen LogP contribution in [-0.2, 0) is 9.59 Å². The van der Waals surface area contributed by atoms with Crippen LogP contribution >= 0.6 is 0 Å². The molecule has 2 amide bonds. The number of fused-ring (bicyclic) bond motifs is 1. The van der Waals surface area contributed by atoms with Crippen molar-refractivity contribution < 1.29 is 19.1 Å². The number of nitrogens with one attached hydrogen (secondary N) is 1. The molecule has 2 heterocycles. The molecule has 0 unspecified atom stereocenters. The van der Waals surface area contributed by atoms with E-state index < -0.39 is 5.92 Å². The lowest BCUT2D eigenvalue weighted by atomic mass is 9.93. The Hall–Kier alpha value is -3.02. The molecule has 6 heteroatoms. The number of ether oxygens (including phenoxy) is 2. The molecule has 0 bridgehead atoms. The van der Waals surface area contributed by atoms with Crippen LogP contribution in [0.3, 0.4) is 0 Å². The summed E-state index contributed by atoms with van der Waals surface area (Å²) < 4.78 is 10.6. The average molecular weight is 338 g/mol. The fourth-order valence-electron chi connectivity index (χ4n) is 3.42. The van der Waals surface area contributed by atoms with E-state index in [2.05, 4.69) is 5.32 Å². The van der Waals surface area contributed by atoms with Crippen LogP contribution in [0.2, 0.25) is 0 Å². The van der Waals surface area contributed by atoms with Crippen molar-refractivity contribution in [3.63, 3.8) is 0 Å². The molecule has 2 aromatic rings. The molecule has 2 aliphatic heterocycles. The third-order valence-corrected chi connectivity index (χ3v) is 4.70. The van der Waals surface area contributed by atoms with Crippen LogP contribution in [0, 0.1) is 5.92 Å². The second-order valence-corrected chi connectivity index (χ2v) is 6.23. The molecule has 1 saturated heterocycles. The number of carbonyl (C=O) groups excluding carboxylic acids is 2. The van der Waals surface area contributed by atoms with Gasteiger partial charge in [0.2, 0.25) is 18.6 Å². The molecule has 0 aromatic heterocycles. The predicted molar refractivity (Wildman–Crippen MR) is 91.3 cm³/mol. The summed E-state index contributed by atoms with van der Waals surface area (Å²) in [5, 5.41) is 2.90. The van der Waals surface area contributed by atoms with Crippen molar-refractivity contribution in [3.05, 3.63) is 54.1 Å². The lowest BCUT2D eigenvalue weighted by molar-refractivity contribution is -0.127. The van der Waals surface area contributed by atoms with Gasteiger partial charge in [-0.15, -0.1) is 0 Å². The Morgan fingerprint density at radius 1 is 1.12 bits per heavy atom. The highest BCUT2D eigenvalue weighted by Crippen LogP contribution is 2.38. The van der Waals surface area contributed by atoms with Crippen LogP contribution in [0.15, 0.2) is 48.5 Å². The Labute approximate surface area is 145 Å². The summed E-state index contributed by atoms with van der Waals surface area (Å²) in [4.78, 5) is 26.7. The molecule has 1 N–H and O–H groups in total. The van der Waals surface area contributed by atoms with Crippen molar-refractivity contribution in [2.24, 2.45) is 5.92 Å². The number of hydrogen-bond donors (Lipinski definition) is 1. The van der Waals surface area contributed by atoms with E-state index in [1.807, 2.05) is 30.3 Å². The summed E-state index contributed by atoms with van der Waals surface area (Å²) in [6.07, 6.45) is 0.201. The highest BCUT2D eigenvalue weighted by Gasteiger charge is 2.42. The average Bonchev–Trinajstić information content (AvgIpc) is 3.20. The fraction of sp³-hybridized carbons (Fsp3) is 0.263. The molecule has 25 heavy (non-hydrogen) atoms. The van der Waals surface area contributed by atoms with Crippen LogP contribution in [-0.4, -0.2) is 30.6 Å². The maximum absolute atomic E-state index is 12.8. The second kappa shape index (κ2) is 6.12. The third-order valence-electron chi connectivity index (χ3n) is 4.70. The van der Waals surface area contributed by atoms with Gasteiger partial charge in [0.25, 0.3) is 0 Å². The normalized spacial score (nSPS) is 21.5. The summed E-state index contributed by atoms with van der Waals surface area (Å²) in [5.41, 5.74) is 1.59. The third kappa shape index (κ3) is 2.80. The van der Waals surface area contributed by atoms with Crippen molar-refractivity contribution in [3.8, 4) is 11.5 Å². The number of amides is 2. The Kier molecular flexibility index (Phi) is 3.80. The highest BCUT2D eigenvalue weighted by atomic mass is 16.7. The van der Waals surface area contributed by atoms with Crippen molar-refractivity contribution in [1.29, 1.82) is 0 Å². The van der Waals surface area contributed by atoms with Crippen LogP contribution in [0.4, 0.5) is 5.69 Å². The van der Waals surface area contributed by atoms with Crippen molar-refractivity contribution in [2.75, 3.05) is 19.2 Å². The van der Waals surface area contributed by atoms with Gasteiger partial charge in [-0.3, -0.25) is 9.59 Å². The Balaban J connectivity index is 1.57. The maximum Gasteiger partial charge on any atom is 0.231 e. The molecule has 2 aliphatic rings. The Bertz CT molecular complexity index is 821. The van der Waals surface area contributed by atoms with Crippen molar-refractivity contribution in [1.82, 2.24) is 4.90 Å². The molecule has 0 aliphatic carbocycles. The van der Waals surface area contributed by atoms with Gasteiger partial charge in [-0.1, -0.05) is 30.3 Å². The van der Waals surface area contributed by atoms with E-state index in [-0.39, 0.29) is 31.1 Å². The van der Waals surface area contributed by atoms with Gasteiger partial charge in [-0.05, 0) is 17.7 Å². The largest absolute Gasteiger partial charge is 0.454 e. The fourth-order valence-corrected chi connectivity index (χ4v) is 3.42. The highest BCUT2D eigenvalue weighted by molar-refractivity contribution is 5.98. The lowest BCUT2D eigenvalue weighted by Crippen LogP contribution is -2.30. The van der Waals surface area contributed by atoms with Gasteiger partial charge in [0.05, 0.1) is 12.0 Å². The topological polar surface area (TPSA) is 67.9 Å². The van der Waals surface area contributed by atoms with Crippen LogP contribution in [0.25, 0.3) is 0 Å². The number of hydrogen-bond acceptors (Lipinski definition) is 4. The summed E-state index contributed by atoms with van der Waals surface area (Å²) in [7, 11) is 1.74. The number of nitrogens with zero attached hydrogens (tertiary/aromatic N) is 1. The molecule has 128 valence electrons. The molecule has 2 atom stereocenters. The van der Waals surface area contributed by atoms with Gasteiger partial charge in [0.15, 0.2) is 11.5 Å². The smallest absolute Gasteiger partial charge is 0.231 e. The zero-order valence-electron chi connectivity index (χ0n) is 13.8. The summed E-state index contributed by atoms with van der Waals surface area (Å²) >= 11 is 0. The van der Waals surface area contributed by atoms with E-state index in [0.29, 0.717) is 17.2 Å². The Morgan fingerprint density at radius 3 is 2.68 bits per heavy atom. The zero-order chi connectivity index (χ0) is 17.4. The summed E-state index contributed by atoms with van der Waals surface area (Å²) in [6, 6.07) is 14.6. The first-order valence-electron chi connectivity index (χ1n) is 8.14. The number of rotatable bonds is 3. The molecule has 2 aromatic carbocycles. The maximum atomic E-state index is 12.8. The van der Waals surface area contributed by atoms with E-state index in [9.17, 15) is 9.59 Å². The first-order chi connectivity index (χ1) is 12.1. The van der Waals surface area contributed by atoms with E-state index in [1.165, 1.54) is 0 Å². The first kappa shape index (κ1) is 15.5. The minimum atomic E-state index is -0.440. The minimum absolute atomic E-state index is 0.0281. The number of anilines is 1. The quantitative estimate of drug-likeness (QED) is 0.934. The predicted octanol–water partition coefficient (Wildman–Crippen LogP) is 2.57. The second-order valence-electron chi connectivity index (χ2n) is 6.23. The van der Waals surface area contributed by atoms with Crippen LogP contribution < -0.4 is 14.8 Å². The molecule has 0 radical (unpaired) electrons. The van der Waals surface area contributed by atoms with Gasteiger partial charge in [-0.2, -0.15) is 0 Å². The lowest BCUT2D eigenvalue weighted by Gasteiger charge is -2.25. The van der Waals surface area contributed by atoms with Gasteiger partial charge >= 0.3 is 0 Å². The standard InChI is InChI=1S/C19H18N2O4/c1-21-17(22)10-14(18(21)12-5-3-2-4-6-12)19(23)20-13-7-8-15-16(9-13)25-11-24-15/h2-9,14,18H,10-11H2,1H3,(H,20,23)/t14-,18+/m1/s1. The summed E-state index contributed by atoms with van der Waals surface area (Å²) in [5.74, 6) is 0.628. The van der Waals surface area contributed by atoms with Crippen LogP contribution in [0.1, 0.15) is 18.0 Å². The van der Waals surface area contributed by atoms with Gasteiger partial charge in [0.1, 0.15) is 0 Å². The van der Waals surface area contributed by atoms with E-state index in [1.54, 1.807) is 30.1 Å². The molecular weight excluding hydrogens is 320 g/mol. The molecular formula is C19H18N2O4.